The monoisotopic (exact) mass is 254 g/mol. The summed E-state index contributed by atoms with van der Waals surface area (Å²) in [7, 11) is 0. The summed E-state index contributed by atoms with van der Waals surface area (Å²) in [5.74, 6) is -0.187. The van der Waals surface area contributed by atoms with Gasteiger partial charge in [0.1, 0.15) is 5.69 Å². The van der Waals surface area contributed by atoms with Gasteiger partial charge in [-0.15, -0.1) is 0 Å². The van der Waals surface area contributed by atoms with Crippen molar-refractivity contribution in [3.63, 3.8) is 0 Å². The van der Waals surface area contributed by atoms with E-state index < -0.39 is 5.97 Å². The van der Waals surface area contributed by atoms with Crippen LogP contribution >= 0.6 is 12.2 Å². The van der Waals surface area contributed by atoms with Crippen molar-refractivity contribution in [2.75, 3.05) is 18.0 Å². The molecule has 1 aliphatic rings. The molecule has 0 saturated carbocycles. The van der Waals surface area contributed by atoms with Gasteiger partial charge in [0, 0.05) is 13.1 Å². The highest BCUT2D eigenvalue weighted by molar-refractivity contribution is 7.71. The van der Waals surface area contributed by atoms with Crippen molar-refractivity contribution < 1.29 is 9.90 Å². The lowest BCUT2D eigenvalue weighted by atomic mass is 9.97. The second-order valence-electron chi connectivity index (χ2n) is 4.15. The number of hydrogen-bond donors (Lipinski definition) is 2. The molecule has 17 heavy (non-hydrogen) atoms. The van der Waals surface area contributed by atoms with E-state index in [-0.39, 0.29) is 5.92 Å². The van der Waals surface area contributed by atoms with Crippen LogP contribution in [-0.2, 0) is 4.79 Å². The largest absolute Gasteiger partial charge is 0.481 e. The van der Waals surface area contributed by atoms with Gasteiger partial charge in [0.15, 0.2) is 5.82 Å². The molecule has 1 aromatic heterocycles. The summed E-state index contributed by atoms with van der Waals surface area (Å²) < 4.78 is 0.353. The van der Waals surface area contributed by atoms with E-state index in [2.05, 4.69) is 15.2 Å². The number of nitrogens with one attached hydrogen (secondary N) is 1. The van der Waals surface area contributed by atoms with Crippen LogP contribution in [0, 0.1) is 17.6 Å². The van der Waals surface area contributed by atoms with Crippen molar-refractivity contribution >= 4 is 24.0 Å². The van der Waals surface area contributed by atoms with Crippen LogP contribution in [0.3, 0.4) is 0 Å². The van der Waals surface area contributed by atoms with Crippen LogP contribution in [0.25, 0.3) is 0 Å². The van der Waals surface area contributed by atoms with Crippen LogP contribution in [0.4, 0.5) is 5.82 Å². The molecule has 2 rings (SSSR count). The van der Waals surface area contributed by atoms with E-state index in [9.17, 15) is 4.79 Å². The van der Waals surface area contributed by atoms with Gasteiger partial charge in [-0.05, 0) is 32.0 Å². The van der Waals surface area contributed by atoms with Crippen LogP contribution in [0.1, 0.15) is 18.5 Å². The molecule has 0 atom stereocenters. The number of aromatic amines is 1. The number of aliphatic carboxylic acids is 1. The number of hydrogen-bond acceptors (Lipinski definition) is 5. The number of carbonyl (C=O) groups is 1. The van der Waals surface area contributed by atoms with Crippen LogP contribution < -0.4 is 4.90 Å². The molecule has 0 unspecified atom stereocenters. The topological polar surface area (TPSA) is 82.1 Å². The highest BCUT2D eigenvalue weighted by Gasteiger charge is 2.25. The lowest BCUT2D eigenvalue weighted by molar-refractivity contribution is -0.142. The SMILES string of the molecule is Cc1n[nH]c(=S)nc1N1CCC(C(=O)O)CC1. The molecular formula is C10H14N4O2S. The molecule has 0 bridgehead atoms. The zero-order chi connectivity index (χ0) is 12.4. The van der Waals surface area contributed by atoms with E-state index in [0.29, 0.717) is 30.7 Å². The first-order valence-corrected chi connectivity index (χ1v) is 5.90. The van der Waals surface area contributed by atoms with Crippen molar-refractivity contribution in [3.8, 4) is 0 Å². The Morgan fingerprint density at radius 3 is 2.76 bits per heavy atom. The molecule has 1 saturated heterocycles. The van der Waals surface area contributed by atoms with Crippen LogP contribution in [0.2, 0.25) is 0 Å². The molecule has 2 heterocycles. The molecule has 7 heteroatoms. The molecule has 0 spiro atoms. The van der Waals surface area contributed by atoms with E-state index in [4.69, 9.17) is 17.3 Å². The number of aromatic nitrogens is 3. The quantitative estimate of drug-likeness (QED) is 0.770. The van der Waals surface area contributed by atoms with Gasteiger partial charge in [0.2, 0.25) is 4.77 Å². The Morgan fingerprint density at radius 2 is 2.18 bits per heavy atom. The second kappa shape index (κ2) is 4.79. The summed E-state index contributed by atoms with van der Waals surface area (Å²) in [6.07, 6.45) is 1.28. The summed E-state index contributed by atoms with van der Waals surface area (Å²) in [5, 5.41) is 15.6. The first-order valence-electron chi connectivity index (χ1n) is 5.49. The minimum absolute atomic E-state index is 0.238. The van der Waals surface area contributed by atoms with Crippen molar-refractivity contribution in [2.24, 2.45) is 5.92 Å². The van der Waals surface area contributed by atoms with E-state index in [1.807, 2.05) is 11.8 Å². The lowest BCUT2D eigenvalue weighted by Crippen LogP contribution is -2.37. The minimum Gasteiger partial charge on any atom is -0.481 e. The summed E-state index contributed by atoms with van der Waals surface area (Å²) in [4.78, 5) is 17.1. The predicted octanol–water partition coefficient (Wildman–Crippen LogP) is 1.14. The van der Waals surface area contributed by atoms with Gasteiger partial charge < -0.3 is 10.0 Å². The van der Waals surface area contributed by atoms with Crippen molar-refractivity contribution in [3.05, 3.63) is 10.5 Å². The Hall–Kier alpha value is -1.50. The molecule has 6 nitrogen and oxygen atoms in total. The van der Waals surface area contributed by atoms with Crippen molar-refractivity contribution in [1.29, 1.82) is 0 Å². The number of piperidine rings is 1. The zero-order valence-electron chi connectivity index (χ0n) is 9.51. The maximum atomic E-state index is 10.9. The minimum atomic E-state index is -0.710. The van der Waals surface area contributed by atoms with E-state index in [1.54, 1.807) is 0 Å². The van der Waals surface area contributed by atoms with Crippen LogP contribution in [-0.4, -0.2) is 39.3 Å². The first-order chi connectivity index (χ1) is 8.08. The van der Waals surface area contributed by atoms with E-state index in [1.165, 1.54) is 0 Å². The summed E-state index contributed by atoms with van der Waals surface area (Å²) >= 11 is 4.94. The van der Waals surface area contributed by atoms with Crippen LogP contribution in [0.5, 0.6) is 0 Å². The van der Waals surface area contributed by atoms with Crippen LogP contribution in [0.15, 0.2) is 0 Å². The second-order valence-corrected chi connectivity index (χ2v) is 4.54. The van der Waals surface area contributed by atoms with Gasteiger partial charge in [-0.25, -0.2) is 0 Å². The fourth-order valence-electron chi connectivity index (χ4n) is 2.02. The molecule has 1 aromatic rings. The number of nitrogens with zero attached hydrogens (tertiary/aromatic N) is 3. The molecule has 0 aliphatic carbocycles. The van der Waals surface area contributed by atoms with E-state index in [0.717, 1.165) is 11.5 Å². The number of H-pyrrole nitrogens is 1. The highest BCUT2D eigenvalue weighted by Crippen LogP contribution is 2.22. The van der Waals surface area contributed by atoms with Gasteiger partial charge in [-0.1, -0.05) is 0 Å². The number of aryl methyl sites for hydroxylation is 1. The number of rotatable bonds is 2. The van der Waals surface area contributed by atoms with Gasteiger partial charge in [-0.2, -0.15) is 10.1 Å². The number of carboxylic acids is 1. The first kappa shape index (κ1) is 12.0. The smallest absolute Gasteiger partial charge is 0.306 e. The van der Waals surface area contributed by atoms with Gasteiger partial charge >= 0.3 is 5.97 Å². The fourth-order valence-corrected chi connectivity index (χ4v) is 2.15. The molecular weight excluding hydrogens is 240 g/mol. The van der Waals surface area contributed by atoms with Gasteiger partial charge in [-0.3, -0.25) is 9.89 Å². The average molecular weight is 254 g/mol. The molecule has 92 valence electrons. The number of anilines is 1. The third-order valence-electron chi connectivity index (χ3n) is 2.99. The summed E-state index contributed by atoms with van der Waals surface area (Å²) in [6.45, 7) is 3.23. The zero-order valence-corrected chi connectivity index (χ0v) is 10.3. The Labute approximate surface area is 104 Å². The molecule has 1 aliphatic heterocycles. The normalized spacial score (nSPS) is 17.1. The fraction of sp³-hybridized carbons (Fsp3) is 0.600. The maximum Gasteiger partial charge on any atom is 0.306 e. The van der Waals surface area contributed by atoms with Gasteiger partial charge in [0.05, 0.1) is 5.92 Å². The molecule has 0 amide bonds. The highest BCUT2D eigenvalue weighted by atomic mass is 32.1. The van der Waals surface area contributed by atoms with Crippen molar-refractivity contribution in [1.82, 2.24) is 15.2 Å². The average Bonchev–Trinajstić information content (AvgIpc) is 2.32. The Balaban J connectivity index is 2.13. The Morgan fingerprint density at radius 1 is 1.53 bits per heavy atom. The predicted molar refractivity (Wildman–Crippen MR) is 64.5 cm³/mol. The third kappa shape index (κ3) is 2.60. The molecule has 2 N–H and O–H groups in total. The molecule has 0 radical (unpaired) electrons. The maximum absolute atomic E-state index is 10.9. The Bertz CT molecular complexity index is 479. The summed E-state index contributed by atoms with van der Waals surface area (Å²) in [6, 6.07) is 0. The Kier molecular flexibility index (Phi) is 3.37. The third-order valence-corrected chi connectivity index (χ3v) is 3.18. The molecule has 0 aromatic carbocycles. The molecule has 1 fully saturated rings. The number of carboxylic acid groups (broad SMARTS) is 1. The lowest BCUT2D eigenvalue weighted by Gasteiger charge is -2.31. The van der Waals surface area contributed by atoms with Gasteiger partial charge in [0.25, 0.3) is 0 Å². The van der Waals surface area contributed by atoms with E-state index >= 15 is 0 Å². The van der Waals surface area contributed by atoms with Crippen molar-refractivity contribution in [2.45, 2.75) is 19.8 Å². The standard InChI is InChI=1S/C10H14N4O2S/c1-6-8(11-10(17)13-12-6)14-4-2-7(3-5-14)9(15)16/h7H,2-5H2,1H3,(H,15,16)(H,11,13,17). The summed E-state index contributed by atoms with van der Waals surface area (Å²) in [5.41, 5.74) is 0.785.